The molecule has 1 aromatic rings. The highest BCUT2D eigenvalue weighted by molar-refractivity contribution is 5.58. The number of phenols is 2. The van der Waals surface area contributed by atoms with E-state index in [0.717, 1.165) is 12.8 Å². The second-order valence-corrected chi connectivity index (χ2v) is 4.22. The van der Waals surface area contributed by atoms with Crippen molar-refractivity contribution >= 4 is 0 Å². The number of hydrogen-bond donors (Lipinski definition) is 3. The molecule has 5 heteroatoms. The van der Waals surface area contributed by atoms with E-state index in [0.29, 0.717) is 12.8 Å². The van der Waals surface area contributed by atoms with Crippen LogP contribution in [0, 0.1) is 0 Å². The second kappa shape index (κ2) is 4.33. The molecule has 1 aromatic carbocycles. The highest BCUT2D eigenvalue weighted by Gasteiger charge is 2.35. The molecular formula is C12H16O5. The van der Waals surface area contributed by atoms with E-state index in [4.69, 9.17) is 9.47 Å². The molecule has 0 aromatic heterocycles. The molecule has 1 aliphatic carbocycles. The molecule has 0 radical (unpaired) electrons. The molecule has 1 saturated carbocycles. The Morgan fingerprint density at radius 2 is 1.59 bits per heavy atom. The number of hydrogen-bond acceptors (Lipinski definition) is 5. The Labute approximate surface area is 99.2 Å². The molecule has 0 unspecified atom stereocenters. The maximum atomic E-state index is 10.1. The van der Waals surface area contributed by atoms with E-state index in [-0.39, 0.29) is 23.0 Å². The zero-order chi connectivity index (χ0) is 12.5. The average molecular weight is 240 g/mol. The molecule has 0 spiro atoms. The Balaban J connectivity index is 2.34. The van der Waals surface area contributed by atoms with Crippen LogP contribution in [-0.2, 0) is 0 Å². The molecule has 0 aliphatic heterocycles. The highest BCUT2D eigenvalue weighted by atomic mass is 16.6. The maximum Gasteiger partial charge on any atom is 0.210 e. The van der Waals surface area contributed by atoms with Crippen LogP contribution >= 0.6 is 0 Å². The van der Waals surface area contributed by atoms with Crippen LogP contribution in [0.1, 0.15) is 25.7 Å². The van der Waals surface area contributed by atoms with Crippen LogP contribution < -0.4 is 9.47 Å². The summed E-state index contributed by atoms with van der Waals surface area (Å²) in [4.78, 5) is 0. The number of aliphatic hydroxyl groups is 1. The Morgan fingerprint density at radius 3 is 2.12 bits per heavy atom. The van der Waals surface area contributed by atoms with Gasteiger partial charge in [-0.25, -0.2) is 0 Å². The third-order valence-corrected chi connectivity index (χ3v) is 2.95. The van der Waals surface area contributed by atoms with Crippen molar-refractivity contribution < 1.29 is 24.8 Å². The van der Waals surface area contributed by atoms with Gasteiger partial charge in [-0.3, -0.25) is 0 Å². The third-order valence-electron chi connectivity index (χ3n) is 2.95. The average Bonchev–Trinajstić information content (AvgIpc) is 2.71. The maximum absolute atomic E-state index is 10.1. The largest absolute Gasteiger partial charge is 0.504 e. The van der Waals surface area contributed by atoms with Gasteiger partial charge in [0.25, 0.3) is 0 Å². The van der Waals surface area contributed by atoms with Gasteiger partial charge in [-0.2, -0.15) is 0 Å². The number of methoxy groups -OCH3 is 1. The number of aromatic hydroxyl groups is 2. The van der Waals surface area contributed by atoms with E-state index >= 15 is 0 Å². The van der Waals surface area contributed by atoms with E-state index in [9.17, 15) is 15.3 Å². The van der Waals surface area contributed by atoms with E-state index < -0.39 is 5.79 Å². The number of benzene rings is 1. The fourth-order valence-corrected chi connectivity index (χ4v) is 2.06. The Bertz CT molecular complexity index is 410. The summed E-state index contributed by atoms with van der Waals surface area (Å²) >= 11 is 0. The lowest BCUT2D eigenvalue weighted by Crippen LogP contribution is -2.32. The first-order valence-electron chi connectivity index (χ1n) is 5.56. The van der Waals surface area contributed by atoms with Gasteiger partial charge >= 0.3 is 0 Å². The molecule has 1 aliphatic rings. The summed E-state index contributed by atoms with van der Waals surface area (Å²) in [6.45, 7) is 0. The van der Waals surface area contributed by atoms with Crippen molar-refractivity contribution in [1.29, 1.82) is 0 Å². The molecule has 17 heavy (non-hydrogen) atoms. The zero-order valence-corrected chi connectivity index (χ0v) is 9.64. The minimum absolute atomic E-state index is 0.0168. The van der Waals surface area contributed by atoms with Crippen molar-refractivity contribution in [3.63, 3.8) is 0 Å². The van der Waals surface area contributed by atoms with Gasteiger partial charge in [0, 0.05) is 12.8 Å². The molecule has 94 valence electrons. The Morgan fingerprint density at radius 1 is 1.06 bits per heavy atom. The molecule has 0 saturated heterocycles. The summed E-state index contributed by atoms with van der Waals surface area (Å²) in [5.41, 5.74) is 0. The first-order chi connectivity index (χ1) is 8.06. The Hall–Kier alpha value is -1.62. The minimum atomic E-state index is -1.28. The third kappa shape index (κ3) is 2.24. The first-order valence-corrected chi connectivity index (χ1v) is 5.56. The quantitative estimate of drug-likeness (QED) is 0.554. The van der Waals surface area contributed by atoms with Crippen molar-refractivity contribution in [2.45, 2.75) is 31.5 Å². The number of rotatable bonds is 3. The standard InChI is InChI=1S/C12H16O5/c1-16-10-8(13)4-5-9(14)11(10)17-12(15)6-2-3-7-12/h4-5,13-15H,2-3,6-7H2,1H3. The predicted molar refractivity (Wildman–Crippen MR) is 60.4 cm³/mol. The normalized spacial score (nSPS) is 18.0. The molecule has 0 atom stereocenters. The van der Waals surface area contributed by atoms with Crippen molar-refractivity contribution in [3.05, 3.63) is 12.1 Å². The summed E-state index contributed by atoms with van der Waals surface area (Å²) in [5, 5.41) is 29.4. The van der Waals surface area contributed by atoms with Crippen LogP contribution in [0.15, 0.2) is 12.1 Å². The topological polar surface area (TPSA) is 79.2 Å². The number of phenolic OH excluding ortho intramolecular Hbond substituents is 2. The van der Waals surface area contributed by atoms with Crippen LogP contribution in [0.25, 0.3) is 0 Å². The lowest BCUT2D eigenvalue weighted by Gasteiger charge is -2.25. The van der Waals surface area contributed by atoms with E-state index in [1.165, 1.54) is 19.2 Å². The summed E-state index contributed by atoms with van der Waals surface area (Å²) in [7, 11) is 1.36. The number of ether oxygens (including phenoxy) is 2. The van der Waals surface area contributed by atoms with Gasteiger partial charge < -0.3 is 24.8 Å². The first kappa shape index (κ1) is 11.9. The van der Waals surface area contributed by atoms with Crippen LogP contribution in [0.4, 0.5) is 0 Å². The van der Waals surface area contributed by atoms with Crippen LogP contribution in [-0.4, -0.2) is 28.2 Å². The van der Waals surface area contributed by atoms with Gasteiger partial charge in [-0.1, -0.05) is 0 Å². The van der Waals surface area contributed by atoms with Crippen LogP contribution in [0.2, 0.25) is 0 Å². The van der Waals surface area contributed by atoms with E-state index in [1.54, 1.807) is 0 Å². The van der Waals surface area contributed by atoms with Gasteiger partial charge in [0.2, 0.25) is 17.3 Å². The second-order valence-electron chi connectivity index (χ2n) is 4.22. The molecule has 0 amide bonds. The van der Waals surface area contributed by atoms with E-state index in [1.807, 2.05) is 0 Å². The van der Waals surface area contributed by atoms with Crippen LogP contribution in [0.3, 0.4) is 0 Å². The van der Waals surface area contributed by atoms with Crippen molar-refractivity contribution in [1.82, 2.24) is 0 Å². The molecular weight excluding hydrogens is 224 g/mol. The van der Waals surface area contributed by atoms with Crippen molar-refractivity contribution in [2.24, 2.45) is 0 Å². The van der Waals surface area contributed by atoms with Gasteiger partial charge in [0.1, 0.15) is 0 Å². The van der Waals surface area contributed by atoms with Gasteiger partial charge in [0.05, 0.1) is 7.11 Å². The predicted octanol–water partition coefficient (Wildman–Crippen LogP) is 1.75. The summed E-state index contributed by atoms with van der Waals surface area (Å²) in [6.07, 6.45) is 2.76. The minimum Gasteiger partial charge on any atom is -0.504 e. The molecule has 1 fully saturated rings. The van der Waals surface area contributed by atoms with E-state index in [2.05, 4.69) is 0 Å². The SMILES string of the molecule is COc1c(O)ccc(O)c1OC1(O)CCCC1. The van der Waals surface area contributed by atoms with Crippen molar-refractivity contribution in [2.75, 3.05) is 7.11 Å². The van der Waals surface area contributed by atoms with Gasteiger partial charge in [-0.05, 0) is 25.0 Å². The summed E-state index contributed by atoms with van der Waals surface area (Å²) < 4.78 is 10.4. The molecule has 3 N–H and O–H groups in total. The zero-order valence-electron chi connectivity index (χ0n) is 9.64. The van der Waals surface area contributed by atoms with Crippen LogP contribution in [0.5, 0.6) is 23.0 Å². The molecule has 0 heterocycles. The lowest BCUT2D eigenvalue weighted by atomic mass is 10.2. The summed E-state index contributed by atoms with van der Waals surface area (Å²) in [5.74, 6) is -1.57. The smallest absolute Gasteiger partial charge is 0.210 e. The van der Waals surface area contributed by atoms with Gasteiger partial charge in [0.15, 0.2) is 11.5 Å². The molecule has 2 rings (SSSR count). The monoisotopic (exact) mass is 240 g/mol. The fraction of sp³-hybridized carbons (Fsp3) is 0.500. The highest BCUT2D eigenvalue weighted by Crippen LogP contribution is 2.46. The van der Waals surface area contributed by atoms with Gasteiger partial charge in [-0.15, -0.1) is 0 Å². The molecule has 5 nitrogen and oxygen atoms in total. The fourth-order valence-electron chi connectivity index (χ4n) is 2.06. The van der Waals surface area contributed by atoms with Crippen molar-refractivity contribution in [3.8, 4) is 23.0 Å². The summed E-state index contributed by atoms with van der Waals surface area (Å²) in [6, 6.07) is 2.60. The lowest BCUT2D eigenvalue weighted by molar-refractivity contribution is -0.132. The Kier molecular flexibility index (Phi) is 3.02. The molecule has 0 bridgehead atoms.